The third-order valence-corrected chi connectivity index (χ3v) is 3.19. The molecule has 0 fully saturated rings. The van der Waals surface area contributed by atoms with E-state index in [0.717, 1.165) is 16.8 Å². The molecule has 0 aliphatic heterocycles. The van der Waals surface area contributed by atoms with E-state index in [0.29, 0.717) is 24.0 Å². The highest BCUT2D eigenvalue weighted by Gasteiger charge is 2.10. The van der Waals surface area contributed by atoms with Gasteiger partial charge in [0.2, 0.25) is 0 Å². The minimum atomic E-state index is 0.506. The Morgan fingerprint density at radius 2 is 2.11 bits per heavy atom. The molecule has 0 saturated heterocycles. The number of nitrogen functional groups attached to an aromatic ring is 1. The molecule has 4 nitrogen and oxygen atoms in total. The first-order chi connectivity index (χ1) is 8.61. The topological polar surface area (TPSA) is 53.1 Å². The standard InChI is InChI=1S/C13H16ClN3O/c1-9-12(14)13(15)17(16-9)7-10-4-3-5-11(6-10)8-18-2/h3-6H,7-8,15H2,1-2H3. The summed E-state index contributed by atoms with van der Waals surface area (Å²) in [4.78, 5) is 0. The van der Waals surface area contributed by atoms with Gasteiger partial charge >= 0.3 is 0 Å². The summed E-state index contributed by atoms with van der Waals surface area (Å²) in [6, 6.07) is 8.13. The molecule has 0 spiro atoms. The average molecular weight is 266 g/mol. The van der Waals surface area contributed by atoms with Gasteiger partial charge in [0.15, 0.2) is 0 Å². The largest absolute Gasteiger partial charge is 0.383 e. The van der Waals surface area contributed by atoms with Gasteiger partial charge < -0.3 is 10.5 Å². The summed E-state index contributed by atoms with van der Waals surface area (Å²) in [7, 11) is 1.68. The number of ether oxygens (including phenoxy) is 1. The summed E-state index contributed by atoms with van der Waals surface area (Å²) in [6.45, 7) is 3.05. The van der Waals surface area contributed by atoms with Gasteiger partial charge in [-0.05, 0) is 18.1 Å². The highest BCUT2D eigenvalue weighted by Crippen LogP contribution is 2.23. The second kappa shape index (κ2) is 5.42. The van der Waals surface area contributed by atoms with Crippen molar-refractivity contribution in [3.05, 3.63) is 46.1 Å². The zero-order valence-electron chi connectivity index (χ0n) is 10.5. The van der Waals surface area contributed by atoms with Crippen molar-refractivity contribution in [3.63, 3.8) is 0 Å². The van der Waals surface area contributed by atoms with E-state index < -0.39 is 0 Å². The van der Waals surface area contributed by atoms with Crippen LogP contribution in [0, 0.1) is 6.92 Å². The van der Waals surface area contributed by atoms with Gasteiger partial charge in [0.05, 0.1) is 18.8 Å². The number of hydrogen-bond acceptors (Lipinski definition) is 3. The van der Waals surface area contributed by atoms with Crippen LogP contribution in [0.5, 0.6) is 0 Å². The number of aryl methyl sites for hydroxylation is 1. The van der Waals surface area contributed by atoms with E-state index in [4.69, 9.17) is 22.1 Å². The van der Waals surface area contributed by atoms with Crippen LogP contribution in [0.2, 0.25) is 5.02 Å². The third kappa shape index (κ3) is 2.66. The molecule has 0 bridgehead atoms. The lowest BCUT2D eigenvalue weighted by Crippen LogP contribution is -2.06. The Morgan fingerprint density at radius 3 is 2.72 bits per heavy atom. The van der Waals surface area contributed by atoms with Crippen molar-refractivity contribution in [2.24, 2.45) is 0 Å². The summed E-state index contributed by atoms with van der Waals surface area (Å²) >= 11 is 6.02. The molecule has 0 atom stereocenters. The third-order valence-electron chi connectivity index (χ3n) is 2.73. The fourth-order valence-corrected chi connectivity index (χ4v) is 1.99. The quantitative estimate of drug-likeness (QED) is 0.925. The van der Waals surface area contributed by atoms with Gasteiger partial charge in [0.25, 0.3) is 0 Å². The second-order valence-electron chi connectivity index (χ2n) is 4.20. The summed E-state index contributed by atoms with van der Waals surface area (Å²) < 4.78 is 6.82. The molecule has 0 radical (unpaired) electrons. The molecule has 0 amide bonds. The van der Waals surface area contributed by atoms with Crippen LogP contribution in [0.1, 0.15) is 16.8 Å². The highest BCUT2D eigenvalue weighted by atomic mass is 35.5. The lowest BCUT2D eigenvalue weighted by Gasteiger charge is -2.06. The van der Waals surface area contributed by atoms with E-state index >= 15 is 0 Å². The predicted octanol–water partition coefficient (Wildman–Crippen LogP) is 2.62. The number of aromatic nitrogens is 2. The maximum absolute atomic E-state index is 6.02. The number of halogens is 1. The normalized spacial score (nSPS) is 10.8. The van der Waals surface area contributed by atoms with Crippen LogP contribution in [0.25, 0.3) is 0 Å². The van der Waals surface area contributed by atoms with Gasteiger partial charge in [0, 0.05) is 7.11 Å². The van der Waals surface area contributed by atoms with Gasteiger partial charge in [-0.25, -0.2) is 4.68 Å². The van der Waals surface area contributed by atoms with Crippen LogP contribution in [-0.4, -0.2) is 16.9 Å². The Bertz CT molecular complexity index is 551. The predicted molar refractivity (Wildman–Crippen MR) is 72.6 cm³/mol. The molecule has 18 heavy (non-hydrogen) atoms. The van der Waals surface area contributed by atoms with Crippen LogP contribution < -0.4 is 5.73 Å². The molecular weight excluding hydrogens is 250 g/mol. The van der Waals surface area contributed by atoms with E-state index in [1.165, 1.54) is 0 Å². The molecular formula is C13H16ClN3O. The molecule has 2 rings (SSSR count). The zero-order valence-corrected chi connectivity index (χ0v) is 11.2. The number of benzene rings is 1. The van der Waals surface area contributed by atoms with Crippen molar-refractivity contribution in [2.45, 2.75) is 20.1 Å². The van der Waals surface area contributed by atoms with Crippen LogP contribution in [-0.2, 0) is 17.9 Å². The van der Waals surface area contributed by atoms with Gasteiger partial charge in [-0.15, -0.1) is 0 Å². The number of rotatable bonds is 4. The number of hydrogen-bond donors (Lipinski definition) is 1. The van der Waals surface area contributed by atoms with E-state index in [-0.39, 0.29) is 0 Å². The first-order valence-corrected chi connectivity index (χ1v) is 6.04. The summed E-state index contributed by atoms with van der Waals surface area (Å²) in [6.07, 6.45) is 0. The molecule has 96 valence electrons. The van der Waals surface area contributed by atoms with Crippen molar-refractivity contribution < 1.29 is 4.74 Å². The molecule has 1 aromatic heterocycles. The molecule has 0 aliphatic rings. The van der Waals surface area contributed by atoms with Gasteiger partial charge in [0.1, 0.15) is 10.8 Å². The molecule has 2 N–H and O–H groups in total. The minimum Gasteiger partial charge on any atom is -0.383 e. The van der Waals surface area contributed by atoms with Crippen molar-refractivity contribution in [2.75, 3.05) is 12.8 Å². The van der Waals surface area contributed by atoms with E-state index in [1.54, 1.807) is 11.8 Å². The Hall–Kier alpha value is -1.52. The van der Waals surface area contributed by atoms with Gasteiger partial charge in [-0.2, -0.15) is 5.10 Å². The Labute approximate surface area is 111 Å². The molecule has 1 aromatic carbocycles. The maximum atomic E-state index is 6.02. The first kappa shape index (κ1) is 12.9. The van der Waals surface area contributed by atoms with Crippen LogP contribution in [0.15, 0.2) is 24.3 Å². The summed E-state index contributed by atoms with van der Waals surface area (Å²) in [5.41, 5.74) is 8.89. The lowest BCUT2D eigenvalue weighted by molar-refractivity contribution is 0.185. The zero-order chi connectivity index (χ0) is 13.1. The van der Waals surface area contributed by atoms with Gasteiger partial charge in [-0.3, -0.25) is 0 Å². The monoisotopic (exact) mass is 265 g/mol. The first-order valence-electron chi connectivity index (χ1n) is 5.67. The molecule has 0 saturated carbocycles. The van der Waals surface area contributed by atoms with Crippen molar-refractivity contribution in [1.82, 2.24) is 9.78 Å². The van der Waals surface area contributed by atoms with E-state index in [1.807, 2.05) is 25.1 Å². The van der Waals surface area contributed by atoms with E-state index in [9.17, 15) is 0 Å². The molecule has 0 aliphatic carbocycles. The smallest absolute Gasteiger partial charge is 0.141 e. The SMILES string of the molecule is COCc1cccc(Cn2nc(C)c(Cl)c2N)c1. The van der Waals surface area contributed by atoms with Crippen molar-refractivity contribution >= 4 is 17.4 Å². The molecule has 5 heteroatoms. The van der Waals surface area contributed by atoms with Gasteiger partial charge in [-0.1, -0.05) is 35.9 Å². The lowest BCUT2D eigenvalue weighted by atomic mass is 10.1. The fourth-order valence-electron chi connectivity index (χ4n) is 1.86. The Kier molecular flexibility index (Phi) is 3.89. The van der Waals surface area contributed by atoms with Crippen LogP contribution in [0.3, 0.4) is 0 Å². The average Bonchev–Trinajstić information content (AvgIpc) is 2.58. The Balaban J connectivity index is 2.23. The maximum Gasteiger partial charge on any atom is 0.141 e. The van der Waals surface area contributed by atoms with E-state index in [2.05, 4.69) is 11.2 Å². The number of nitrogens with two attached hydrogens (primary N) is 1. The van der Waals surface area contributed by atoms with Crippen molar-refractivity contribution in [3.8, 4) is 0 Å². The van der Waals surface area contributed by atoms with Crippen LogP contribution >= 0.6 is 11.6 Å². The second-order valence-corrected chi connectivity index (χ2v) is 4.57. The number of methoxy groups -OCH3 is 1. The van der Waals surface area contributed by atoms with Crippen LogP contribution in [0.4, 0.5) is 5.82 Å². The molecule has 1 heterocycles. The molecule has 2 aromatic rings. The highest BCUT2D eigenvalue weighted by molar-refractivity contribution is 6.33. The Morgan fingerprint density at radius 1 is 1.39 bits per heavy atom. The fraction of sp³-hybridized carbons (Fsp3) is 0.308. The number of nitrogens with zero attached hydrogens (tertiary/aromatic N) is 2. The number of anilines is 1. The van der Waals surface area contributed by atoms with Crippen molar-refractivity contribution in [1.29, 1.82) is 0 Å². The molecule has 0 unspecified atom stereocenters. The summed E-state index contributed by atoms with van der Waals surface area (Å²) in [5, 5.41) is 4.84. The minimum absolute atomic E-state index is 0.506. The summed E-state index contributed by atoms with van der Waals surface area (Å²) in [5.74, 6) is 0.506.